The number of benzene rings is 2. The lowest BCUT2D eigenvalue weighted by Gasteiger charge is -2.17. The zero-order valence-corrected chi connectivity index (χ0v) is 14.3. The Morgan fingerprint density at radius 3 is 2.48 bits per heavy atom. The van der Waals surface area contributed by atoms with E-state index in [4.69, 9.17) is 4.42 Å². The van der Waals surface area contributed by atoms with Crippen molar-refractivity contribution in [3.63, 3.8) is 0 Å². The maximum atomic E-state index is 6.03. The van der Waals surface area contributed by atoms with Crippen LogP contribution in [0.15, 0.2) is 52.9 Å². The number of furan rings is 1. The minimum Gasteiger partial charge on any atom is -0.461 e. The standard InChI is InChI=1S/C18H18INO/c1-3-15-17(14-6-4-5-7-16(14)21-15)18(20-2)12-8-10-13(19)11-9-12/h4-11,18,20H,3H2,1-2H3. The molecule has 0 radical (unpaired) electrons. The van der Waals surface area contributed by atoms with Crippen LogP contribution in [0.1, 0.15) is 29.9 Å². The van der Waals surface area contributed by atoms with E-state index in [-0.39, 0.29) is 6.04 Å². The Hall–Kier alpha value is -1.33. The van der Waals surface area contributed by atoms with E-state index in [2.05, 4.69) is 71.2 Å². The lowest BCUT2D eigenvalue weighted by atomic mass is 9.95. The topological polar surface area (TPSA) is 25.2 Å². The van der Waals surface area contributed by atoms with E-state index >= 15 is 0 Å². The average Bonchev–Trinajstić information content (AvgIpc) is 2.89. The van der Waals surface area contributed by atoms with Gasteiger partial charge in [0.2, 0.25) is 0 Å². The largest absolute Gasteiger partial charge is 0.461 e. The first-order valence-electron chi connectivity index (χ1n) is 7.17. The third kappa shape index (κ3) is 2.72. The van der Waals surface area contributed by atoms with Gasteiger partial charge in [-0.1, -0.05) is 37.3 Å². The molecule has 1 aromatic heterocycles. The Morgan fingerprint density at radius 1 is 1.10 bits per heavy atom. The van der Waals surface area contributed by atoms with Crippen LogP contribution in [0.25, 0.3) is 11.0 Å². The van der Waals surface area contributed by atoms with Crippen molar-refractivity contribution in [3.8, 4) is 0 Å². The Labute approximate surface area is 138 Å². The van der Waals surface area contributed by atoms with E-state index in [1.807, 2.05) is 19.2 Å². The summed E-state index contributed by atoms with van der Waals surface area (Å²) in [5.41, 5.74) is 3.49. The van der Waals surface area contributed by atoms with Gasteiger partial charge in [0, 0.05) is 20.9 Å². The monoisotopic (exact) mass is 391 g/mol. The van der Waals surface area contributed by atoms with Crippen LogP contribution in [0.3, 0.4) is 0 Å². The quantitative estimate of drug-likeness (QED) is 0.640. The SMILES string of the molecule is CCc1oc2ccccc2c1C(NC)c1ccc(I)cc1. The van der Waals surface area contributed by atoms with E-state index < -0.39 is 0 Å². The van der Waals surface area contributed by atoms with Gasteiger partial charge in [-0.15, -0.1) is 0 Å². The van der Waals surface area contributed by atoms with Crippen molar-refractivity contribution in [1.82, 2.24) is 5.32 Å². The van der Waals surface area contributed by atoms with Gasteiger partial charge in [0.05, 0.1) is 6.04 Å². The molecule has 3 aromatic rings. The van der Waals surface area contributed by atoms with E-state index in [0.717, 1.165) is 17.8 Å². The van der Waals surface area contributed by atoms with Crippen molar-refractivity contribution in [2.75, 3.05) is 7.05 Å². The first-order chi connectivity index (χ1) is 10.2. The number of hydrogen-bond donors (Lipinski definition) is 1. The molecule has 1 unspecified atom stereocenters. The predicted molar refractivity (Wildman–Crippen MR) is 95.7 cm³/mol. The van der Waals surface area contributed by atoms with E-state index in [9.17, 15) is 0 Å². The molecule has 3 rings (SSSR count). The molecular weight excluding hydrogens is 373 g/mol. The summed E-state index contributed by atoms with van der Waals surface area (Å²) in [6, 6.07) is 17.1. The summed E-state index contributed by atoms with van der Waals surface area (Å²) in [4.78, 5) is 0. The van der Waals surface area contributed by atoms with Gasteiger partial charge < -0.3 is 9.73 Å². The summed E-state index contributed by atoms with van der Waals surface area (Å²) in [5.74, 6) is 1.06. The molecule has 0 saturated carbocycles. The van der Waals surface area contributed by atoms with Crippen molar-refractivity contribution >= 4 is 33.6 Å². The summed E-state index contributed by atoms with van der Waals surface area (Å²) in [6.45, 7) is 2.14. The molecule has 0 bridgehead atoms. The zero-order valence-electron chi connectivity index (χ0n) is 12.2. The molecule has 3 heteroatoms. The summed E-state index contributed by atoms with van der Waals surface area (Å²) < 4.78 is 7.28. The molecule has 0 saturated heterocycles. The third-order valence-corrected chi connectivity index (χ3v) is 4.53. The molecule has 2 nitrogen and oxygen atoms in total. The molecule has 21 heavy (non-hydrogen) atoms. The van der Waals surface area contributed by atoms with Gasteiger partial charge in [-0.2, -0.15) is 0 Å². The molecule has 0 aliphatic carbocycles. The minimum absolute atomic E-state index is 0.153. The number of halogens is 1. The summed E-state index contributed by atoms with van der Waals surface area (Å²) in [7, 11) is 2.00. The molecule has 0 amide bonds. The number of fused-ring (bicyclic) bond motifs is 1. The maximum Gasteiger partial charge on any atom is 0.134 e. The van der Waals surface area contributed by atoms with Gasteiger partial charge in [0.1, 0.15) is 11.3 Å². The molecule has 1 atom stereocenters. The second-order valence-corrected chi connectivity index (χ2v) is 6.31. The molecular formula is C18H18INO. The van der Waals surface area contributed by atoms with Crippen LogP contribution < -0.4 is 5.32 Å². The Balaban J connectivity index is 2.18. The van der Waals surface area contributed by atoms with E-state index in [1.165, 1.54) is 20.1 Å². The number of rotatable bonds is 4. The van der Waals surface area contributed by atoms with Gasteiger partial charge in [0.25, 0.3) is 0 Å². The molecule has 1 N–H and O–H groups in total. The fourth-order valence-corrected chi connectivity index (χ4v) is 3.19. The highest BCUT2D eigenvalue weighted by molar-refractivity contribution is 14.1. The van der Waals surface area contributed by atoms with E-state index in [1.54, 1.807) is 0 Å². The van der Waals surface area contributed by atoms with E-state index in [0.29, 0.717) is 0 Å². The Kier molecular flexibility index (Phi) is 4.31. The number of hydrogen-bond acceptors (Lipinski definition) is 2. The Bertz CT molecular complexity index is 746. The predicted octanol–water partition coefficient (Wildman–Crippen LogP) is 4.91. The maximum absolute atomic E-state index is 6.03. The minimum atomic E-state index is 0.153. The van der Waals surface area contributed by atoms with Crippen LogP contribution in [-0.2, 0) is 6.42 Å². The van der Waals surface area contributed by atoms with Crippen LogP contribution in [-0.4, -0.2) is 7.05 Å². The highest BCUT2D eigenvalue weighted by Gasteiger charge is 2.21. The molecule has 0 aliphatic rings. The van der Waals surface area contributed by atoms with Crippen LogP contribution in [0.5, 0.6) is 0 Å². The van der Waals surface area contributed by atoms with Crippen molar-refractivity contribution in [2.24, 2.45) is 0 Å². The van der Waals surface area contributed by atoms with Crippen LogP contribution in [0.4, 0.5) is 0 Å². The average molecular weight is 391 g/mol. The number of aryl methyl sites for hydroxylation is 1. The Morgan fingerprint density at radius 2 is 1.81 bits per heavy atom. The number of nitrogens with one attached hydrogen (secondary N) is 1. The zero-order chi connectivity index (χ0) is 14.8. The molecule has 0 spiro atoms. The van der Waals surface area contributed by atoms with Crippen LogP contribution in [0, 0.1) is 3.57 Å². The van der Waals surface area contributed by atoms with Crippen molar-refractivity contribution in [3.05, 3.63) is 69.0 Å². The highest BCUT2D eigenvalue weighted by Crippen LogP contribution is 2.34. The highest BCUT2D eigenvalue weighted by atomic mass is 127. The number of para-hydroxylation sites is 1. The van der Waals surface area contributed by atoms with Crippen LogP contribution in [0.2, 0.25) is 0 Å². The van der Waals surface area contributed by atoms with Gasteiger partial charge in [0.15, 0.2) is 0 Å². The van der Waals surface area contributed by atoms with Gasteiger partial charge in [-0.3, -0.25) is 0 Å². The third-order valence-electron chi connectivity index (χ3n) is 3.81. The first-order valence-corrected chi connectivity index (χ1v) is 8.25. The molecule has 0 aliphatic heterocycles. The normalized spacial score (nSPS) is 12.7. The van der Waals surface area contributed by atoms with Gasteiger partial charge >= 0.3 is 0 Å². The fraction of sp³-hybridized carbons (Fsp3) is 0.222. The second kappa shape index (κ2) is 6.20. The molecule has 108 valence electrons. The fourth-order valence-electron chi connectivity index (χ4n) is 2.83. The van der Waals surface area contributed by atoms with Crippen LogP contribution >= 0.6 is 22.6 Å². The second-order valence-electron chi connectivity index (χ2n) is 5.06. The van der Waals surface area contributed by atoms with Crippen molar-refractivity contribution in [1.29, 1.82) is 0 Å². The summed E-state index contributed by atoms with van der Waals surface area (Å²) in [6.07, 6.45) is 0.895. The summed E-state index contributed by atoms with van der Waals surface area (Å²) in [5, 5.41) is 4.65. The first kappa shape index (κ1) is 14.6. The molecule has 1 heterocycles. The molecule has 0 fully saturated rings. The summed E-state index contributed by atoms with van der Waals surface area (Å²) >= 11 is 2.33. The van der Waals surface area contributed by atoms with Gasteiger partial charge in [-0.05, 0) is 53.4 Å². The van der Waals surface area contributed by atoms with Gasteiger partial charge in [-0.25, -0.2) is 0 Å². The lowest BCUT2D eigenvalue weighted by Crippen LogP contribution is -2.18. The van der Waals surface area contributed by atoms with Crippen molar-refractivity contribution in [2.45, 2.75) is 19.4 Å². The smallest absolute Gasteiger partial charge is 0.134 e. The van der Waals surface area contributed by atoms with Crippen molar-refractivity contribution < 1.29 is 4.42 Å². The molecule has 2 aromatic carbocycles. The lowest BCUT2D eigenvalue weighted by molar-refractivity contribution is 0.539.